The summed E-state index contributed by atoms with van der Waals surface area (Å²) in [7, 11) is 0. The van der Waals surface area contributed by atoms with Gasteiger partial charge in [0.15, 0.2) is 0 Å². The molecule has 0 fully saturated rings. The highest BCUT2D eigenvalue weighted by molar-refractivity contribution is 9.11. The van der Waals surface area contributed by atoms with Crippen LogP contribution < -0.4 is 0 Å². The van der Waals surface area contributed by atoms with E-state index in [-0.39, 0.29) is 10.6 Å². The molecule has 0 saturated heterocycles. The fourth-order valence-electron chi connectivity index (χ4n) is 1.70. The Kier molecular flexibility index (Phi) is 4.62. The van der Waals surface area contributed by atoms with Gasteiger partial charge in [-0.2, -0.15) is 0 Å². The van der Waals surface area contributed by atoms with Crippen molar-refractivity contribution >= 4 is 47.8 Å². The summed E-state index contributed by atoms with van der Waals surface area (Å²) in [5.74, 6) is -0.223. The van der Waals surface area contributed by atoms with E-state index >= 15 is 0 Å². The number of alkyl halides is 1. The number of hydrogen-bond donors (Lipinski definition) is 0. The van der Waals surface area contributed by atoms with Crippen LogP contribution in [0.3, 0.4) is 0 Å². The van der Waals surface area contributed by atoms with Gasteiger partial charge in [0.1, 0.15) is 5.82 Å². The van der Waals surface area contributed by atoms with Crippen molar-refractivity contribution in [3.63, 3.8) is 0 Å². The van der Waals surface area contributed by atoms with Gasteiger partial charge in [-0.05, 0) is 47.9 Å². The molecule has 0 spiro atoms. The summed E-state index contributed by atoms with van der Waals surface area (Å²) < 4.78 is 15.3. The van der Waals surface area contributed by atoms with Gasteiger partial charge in [0, 0.05) is 8.95 Å². The van der Waals surface area contributed by atoms with Crippen LogP contribution in [0, 0.1) is 12.7 Å². The van der Waals surface area contributed by atoms with Gasteiger partial charge in [-0.25, -0.2) is 4.39 Å². The molecule has 0 aliphatic heterocycles. The van der Waals surface area contributed by atoms with E-state index in [0.717, 1.165) is 25.6 Å². The van der Waals surface area contributed by atoms with E-state index in [2.05, 4.69) is 47.8 Å². The molecule has 0 amide bonds. The Bertz CT molecular complexity index is 581. The average Bonchev–Trinajstić information content (AvgIpc) is 2.33. The predicted octanol–water partition coefficient (Wildman–Crippen LogP) is 6.14. The van der Waals surface area contributed by atoms with Crippen LogP contribution in [-0.4, -0.2) is 0 Å². The maximum absolute atomic E-state index is 13.2. The Morgan fingerprint density at radius 1 is 1.06 bits per heavy atom. The molecule has 0 heterocycles. The van der Waals surface area contributed by atoms with Crippen molar-refractivity contribution in [2.24, 2.45) is 0 Å². The molecule has 4 heteroatoms. The summed E-state index contributed by atoms with van der Waals surface area (Å²) in [4.78, 5) is -0.0422. The number of aryl methyl sites for hydroxylation is 1. The minimum Gasteiger partial charge on any atom is -0.207 e. The summed E-state index contributed by atoms with van der Waals surface area (Å²) in [5.41, 5.74) is 3.12. The maximum Gasteiger partial charge on any atom is 0.123 e. The van der Waals surface area contributed by atoms with E-state index in [0.29, 0.717) is 0 Å². The molecule has 2 aromatic carbocycles. The van der Waals surface area contributed by atoms with Gasteiger partial charge in [0.2, 0.25) is 0 Å². The monoisotopic (exact) mass is 434 g/mol. The van der Waals surface area contributed by atoms with Crippen LogP contribution in [0.15, 0.2) is 45.3 Å². The maximum atomic E-state index is 13.2. The molecular weight excluding hydrogens is 427 g/mol. The quantitative estimate of drug-likeness (QED) is 0.496. The van der Waals surface area contributed by atoms with Crippen molar-refractivity contribution in [2.75, 3.05) is 0 Å². The Balaban J connectivity index is 2.46. The molecule has 18 heavy (non-hydrogen) atoms. The third-order valence-electron chi connectivity index (χ3n) is 2.69. The van der Waals surface area contributed by atoms with Crippen molar-refractivity contribution in [2.45, 2.75) is 11.8 Å². The SMILES string of the molecule is Cc1cc(Br)c(C(Br)c2cccc(F)c2)cc1Br. The highest BCUT2D eigenvalue weighted by Crippen LogP contribution is 2.38. The standard InChI is InChI=1S/C14H10Br3F/c1-8-5-13(16)11(7-12(8)15)14(17)9-3-2-4-10(18)6-9/h2-7,14H,1H3. The molecule has 0 nitrogen and oxygen atoms in total. The van der Waals surface area contributed by atoms with Crippen LogP contribution in [0.5, 0.6) is 0 Å². The first kappa shape index (κ1) is 14.2. The Labute approximate surface area is 131 Å². The van der Waals surface area contributed by atoms with Crippen molar-refractivity contribution in [3.8, 4) is 0 Å². The van der Waals surface area contributed by atoms with Crippen molar-refractivity contribution < 1.29 is 4.39 Å². The fraction of sp³-hybridized carbons (Fsp3) is 0.143. The summed E-state index contributed by atoms with van der Waals surface area (Å²) in [6.45, 7) is 2.03. The van der Waals surface area contributed by atoms with Crippen molar-refractivity contribution in [1.82, 2.24) is 0 Å². The zero-order valence-corrected chi connectivity index (χ0v) is 14.3. The fourth-order valence-corrected chi connectivity index (χ4v) is 3.72. The molecule has 1 unspecified atom stereocenters. The number of hydrogen-bond acceptors (Lipinski definition) is 0. The minimum atomic E-state index is -0.223. The second-order valence-corrected chi connectivity index (χ2v) is 6.66. The van der Waals surface area contributed by atoms with E-state index in [1.807, 2.05) is 25.1 Å². The Morgan fingerprint density at radius 2 is 1.78 bits per heavy atom. The average molecular weight is 437 g/mol. The van der Waals surface area contributed by atoms with E-state index in [4.69, 9.17) is 0 Å². The Hall–Kier alpha value is -0.190. The highest BCUT2D eigenvalue weighted by atomic mass is 79.9. The summed E-state index contributed by atoms with van der Waals surface area (Å²) >= 11 is 10.7. The van der Waals surface area contributed by atoms with Gasteiger partial charge >= 0.3 is 0 Å². The van der Waals surface area contributed by atoms with E-state index in [1.165, 1.54) is 6.07 Å². The molecule has 2 aromatic rings. The van der Waals surface area contributed by atoms with Crippen LogP contribution in [-0.2, 0) is 0 Å². The summed E-state index contributed by atoms with van der Waals surface area (Å²) in [6, 6.07) is 10.7. The zero-order chi connectivity index (χ0) is 13.3. The van der Waals surface area contributed by atoms with Crippen LogP contribution in [0.2, 0.25) is 0 Å². The van der Waals surface area contributed by atoms with Gasteiger partial charge in [-0.3, -0.25) is 0 Å². The topological polar surface area (TPSA) is 0 Å². The smallest absolute Gasteiger partial charge is 0.123 e. The van der Waals surface area contributed by atoms with Gasteiger partial charge in [-0.1, -0.05) is 59.9 Å². The van der Waals surface area contributed by atoms with Crippen molar-refractivity contribution in [3.05, 3.63) is 67.9 Å². The largest absolute Gasteiger partial charge is 0.207 e. The Morgan fingerprint density at radius 3 is 2.44 bits per heavy atom. The number of halogens is 4. The molecule has 0 N–H and O–H groups in total. The second kappa shape index (κ2) is 5.85. The molecule has 0 bridgehead atoms. The lowest BCUT2D eigenvalue weighted by atomic mass is 10.0. The minimum absolute atomic E-state index is 0.0422. The number of benzene rings is 2. The summed E-state index contributed by atoms with van der Waals surface area (Å²) in [6.07, 6.45) is 0. The first-order valence-electron chi connectivity index (χ1n) is 5.34. The molecule has 0 radical (unpaired) electrons. The normalized spacial score (nSPS) is 12.5. The first-order chi connectivity index (χ1) is 8.49. The van der Waals surface area contributed by atoms with Crippen LogP contribution in [0.4, 0.5) is 4.39 Å². The highest BCUT2D eigenvalue weighted by Gasteiger charge is 2.15. The van der Waals surface area contributed by atoms with Gasteiger partial charge in [0.25, 0.3) is 0 Å². The molecule has 0 aromatic heterocycles. The van der Waals surface area contributed by atoms with Crippen LogP contribution >= 0.6 is 47.8 Å². The van der Waals surface area contributed by atoms with E-state index in [9.17, 15) is 4.39 Å². The van der Waals surface area contributed by atoms with Gasteiger partial charge < -0.3 is 0 Å². The first-order valence-corrected chi connectivity index (χ1v) is 7.84. The van der Waals surface area contributed by atoms with Gasteiger partial charge in [0.05, 0.1) is 4.83 Å². The van der Waals surface area contributed by atoms with Crippen LogP contribution in [0.25, 0.3) is 0 Å². The van der Waals surface area contributed by atoms with Crippen LogP contribution in [0.1, 0.15) is 21.5 Å². The predicted molar refractivity (Wildman–Crippen MR) is 83.7 cm³/mol. The molecule has 1 atom stereocenters. The molecule has 2 rings (SSSR count). The molecule has 0 aliphatic rings. The zero-order valence-electron chi connectivity index (χ0n) is 9.55. The number of rotatable bonds is 2. The van der Waals surface area contributed by atoms with E-state index in [1.54, 1.807) is 12.1 Å². The molecule has 0 saturated carbocycles. The third-order valence-corrected chi connectivity index (χ3v) is 5.26. The molecule has 0 aliphatic carbocycles. The molecule has 94 valence electrons. The second-order valence-electron chi connectivity index (χ2n) is 4.04. The summed E-state index contributed by atoms with van der Waals surface area (Å²) in [5, 5.41) is 0. The molecular formula is C14H10Br3F. The lowest BCUT2D eigenvalue weighted by Crippen LogP contribution is -1.96. The van der Waals surface area contributed by atoms with Gasteiger partial charge in [-0.15, -0.1) is 0 Å². The third kappa shape index (κ3) is 3.03. The van der Waals surface area contributed by atoms with Crippen molar-refractivity contribution in [1.29, 1.82) is 0 Å². The lowest BCUT2D eigenvalue weighted by molar-refractivity contribution is 0.626. The van der Waals surface area contributed by atoms with E-state index < -0.39 is 0 Å². The lowest BCUT2D eigenvalue weighted by Gasteiger charge is -2.14.